The molecule has 3 rings (SSSR count). The predicted octanol–water partition coefficient (Wildman–Crippen LogP) is 3.80. The molecular formula is C21H22N2O3S2. The van der Waals surface area contributed by atoms with Crippen LogP contribution in [0.2, 0.25) is 0 Å². The van der Waals surface area contributed by atoms with Gasteiger partial charge in [0, 0.05) is 13.0 Å². The molecule has 146 valence electrons. The van der Waals surface area contributed by atoms with Gasteiger partial charge in [-0.2, -0.15) is 4.99 Å². The van der Waals surface area contributed by atoms with Crippen molar-refractivity contribution >= 4 is 37.3 Å². The normalized spacial score (nSPS) is 12.4. The standard InChI is InChI=1S/C21H22N2O3S2/c1-4-11-23-18-13-15(2)16(3)14-19(18)27-21(23)22-20(24)10-12-28(25,26)17-8-6-5-7-9-17/h4-9,13-14H,1,10-12H2,2-3H3. The number of rotatable bonds is 6. The van der Waals surface area contributed by atoms with E-state index in [2.05, 4.69) is 23.7 Å². The Morgan fingerprint density at radius 3 is 2.54 bits per heavy atom. The minimum absolute atomic E-state index is 0.155. The van der Waals surface area contributed by atoms with Crippen LogP contribution in [0.5, 0.6) is 0 Å². The number of carbonyl (C=O) groups excluding carboxylic acids is 1. The van der Waals surface area contributed by atoms with Crippen LogP contribution in [-0.2, 0) is 21.2 Å². The number of amides is 1. The average molecular weight is 415 g/mol. The summed E-state index contributed by atoms with van der Waals surface area (Å²) in [7, 11) is -3.50. The van der Waals surface area contributed by atoms with Crippen LogP contribution >= 0.6 is 11.3 Å². The maximum absolute atomic E-state index is 12.4. The number of hydrogen-bond acceptors (Lipinski definition) is 4. The molecule has 0 aliphatic carbocycles. The van der Waals surface area contributed by atoms with E-state index in [9.17, 15) is 13.2 Å². The SMILES string of the molecule is C=CCn1c(=NC(=O)CCS(=O)(=O)c2ccccc2)sc2cc(C)c(C)cc21. The van der Waals surface area contributed by atoms with Crippen LogP contribution in [0.3, 0.4) is 0 Å². The fraction of sp³-hybridized carbons (Fsp3) is 0.238. The number of nitrogens with zero attached hydrogens (tertiary/aromatic N) is 2. The van der Waals surface area contributed by atoms with Crippen LogP contribution in [0.25, 0.3) is 10.2 Å². The Hall–Kier alpha value is -2.51. The number of fused-ring (bicyclic) bond motifs is 1. The van der Waals surface area contributed by atoms with Crippen LogP contribution in [-0.4, -0.2) is 24.6 Å². The minimum Gasteiger partial charge on any atom is -0.312 e. The lowest BCUT2D eigenvalue weighted by Crippen LogP contribution is -2.17. The molecule has 0 bridgehead atoms. The van der Waals surface area contributed by atoms with Gasteiger partial charge in [-0.05, 0) is 49.2 Å². The molecular weight excluding hydrogens is 392 g/mol. The fourth-order valence-electron chi connectivity index (χ4n) is 2.84. The van der Waals surface area contributed by atoms with E-state index >= 15 is 0 Å². The molecule has 2 aromatic carbocycles. The monoisotopic (exact) mass is 414 g/mol. The van der Waals surface area contributed by atoms with E-state index in [-0.39, 0.29) is 17.1 Å². The number of benzene rings is 2. The minimum atomic E-state index is -3.50. The van der Waals surface area contributed by atoms with Gasteiger partial charge >= 0.3 is 0 Å². The summed E-state index contributed by atoms with van der Waals surface area (Å²) in [6.07, 6.45) is 1.60. The van der Waals surface area contributed by atoms with Crippen molar-refractivity contribution in [3.05, 3.63) is 71.0 Å². The summed E-state index contributed by atoms with van der Waals surface area (Å²) >= 11 is 1.42. The number of allylic oxidation sites excluding steroid dienone is 1. The maximum Gasteiger partial charge on any atom is 0.249 e. The van der Waals surface area contributed by atoms with Crippen molar-refractivity contribution in [3.63, 3.8) is 0 Å². The molecule has 0 fully saturated rings. The number of aromatic nitrogens is 1. The molecule has 0 spiro atoms. The zero-order valence-corrected chi connectivity index (χ0v) is 17.5. The molecule has 0 N–H and O–H groups in total. The largest absolute Gasteiger partial charge is 0.312 e. The van der Waals surface area contributed by atoms with Gasteiger partial charge < -0.3 is 4.57 Å². The summed E-state index contributed by atoms with van der Waals surface area (Å²) in [6.45, 7) is 8.39. The third-order valence-corrected chi connectivity index (χ3v) is 7.29. The molecule has 0 radical (unpaired) electrons. The van der Waals surface area contributed by atoms with Gasteiger partial charge in [-0.1, -0.05) is 35.6 Å². The van der Waals surface area contributed by atoms with Gasteiger partial charge in [0.1, 0.15) is 0 Å². The van der Waals surface area contributed by atoms with Crippen LogP contribution in [0.1, 0.15) is 17.5 Å². The first kappa shape index (κ1) is 20.2. The zero-order chi connectivity index (χ0) is 20.3. The Bertz CT molecular complexity index is 1200. The van der Waals surface area contributed by atoms with Crippen LogP contribution in [0, 0.1) is 13.8 Å². The average Bonchev–Trinajstić information content (AvgIpc) is 2.98. The number of aryl methyl sites for hydroxylation is 2. The topological polar surface area (TPSA) is 68.5 Å². The van der Waals surface area contributed by atoms with Gasteiger partial charge in [-0.25, -0.2) is 8.42 Å². The summed E-state index contributed by atoms with van der Waals surface area (Å²) in [5, 5.41) is 0. The number of thiazole rings is 1. The van der Waals surface area contributed by atoms with Crippen molar-refractivity contribution in [3.8, 4) is 0 Å². The van der Waals surface area contributed by atoms with Crippen molar-refractivity contribution in [2.75, 3.05) is 5.75 Å². The second kappa shape index (κ2) is 8.24. The zero-order valence-electron chi connectivity index (χ0n) is 15.9. The van der Waals surface area contributed by atoms with Crippen LogP contribution in [0.4, 0.5) is 0 Å². The second-order valence-electron chi connectivity index (χ2n) is 6.58. The lowest BCUT2D eigenvalue weighted by atomic mass is 10.1. The highest BCUT2D eigenvalue weighted by molar-refractivity contribution is 7.91. The van der Waals surface area contributed by atoms with Gasteiger partial charge in [0.05, 0.1) is 20.9 Å². The van der Waals surface area contributed by atoms with E-state index in [1.165, 1.54) is 29.0 Å². The van der Waals surface area contributed by atoms with E-state index in [1.54, 1.807) is 24.3 Å². The summed E-state index contributed by atoms with van der Waals surface area (Å²) in [4.78, 5) is 17.4. The molecule has 1 aromatic heterocycles. The van der Waals surface area contributed by atoms with E-state index in [4.69, 9.17) is 0 Å². The number of hydrogen-bond donors (Lipinski definition) is 0. The highest BCUT2D eigenvalue weighted by atomic mass is 32.2. The predicted molar refractivity (Wildman–Crippen MR) is 113 cm³/mol. The molecule has 5 nitrogen and oxygen atoms in total. The van der Waals surface area contributed by atoms with Crippen molar-refractivity contribution in [1.82, 2.24) is 4.57 Å². The second-order valence-corrected chi connectivity index (χ2v) is 9.69. The highest BCUT2D eigenvalue weighted by Crippen LogP contribution is 2.22. The van der Waals surface area contributed by atoms with E-state index in [1.807, 2.05) is 18.4 Å². The molecule has 0 saturated heterocycles. The maximum atomic E-state index is 12.4. The Labute approximate surface area is 168 Å². The Balaban J connectivity index is 1.90. The van der Waals surface area contributed by atoms with Gasteiger partial charge in [-0.15, -0.1) is 6.58 Å². The first-order chi connectivity index (χ1) is 13.3. The Kier molecular flexibility index (Phi) is 5.96. The summed E-state index contributed by atoms with van der Waals surface area (Å²) in [6, 6.07) is 12.3. The van der Waals surface area contributed by atoms with Gasteiger partial charge in [0.25, 0.3) is 0 Å². The number of sulfone groups is 1. The third-order valence-electron chi connectivity index (χ3n) is 4.52. The van der Waals surface area contributed by atoms with Gasteiger partial charge in [0.2, 0.25) is 5.91 Å². The molecule has 0 aliphatic rings. The summed E-state index contributed by atoms with van der Waals surface area (Å²) in [5.41, 5.74) is 3.33. The molecule has 28 heavy (non-hydrogen) atoms. The molecule has 0 unspecified atom stereocenters. The molecule has 0 saturated carbocycles. The molecule has 0 atom stereocenters. The van der Waals surface area contributed by atoms with Crippen molar-refractivity contribution < 1.29 is 13.2 Å². The number of carbonyl (C=O) groups is 1. The van der Waals surface area contributed by atoms with E-state index < -0.39 is 15.7 Å². The third kappa shape index (κ3) is 4.31. The Morgan fingerprint density at radius 1 is 1.18 bits per heavy atom. The van der Waals surface area contributed by atoms with Crippen molar-refractivity contribution in [1.29, 1.82) is 0 Å². The van der Waals surface area contributed by atoms with Gasteiger partial charge in [-0.3, -0.25) is 4.79 Å². The van der Waals surface area contributed by atoms with E-state index in [0.717, 1.165) is 15.8 Å². The molecule has 7 heteroatoms. The summed E-state index contributed by atoms with van der Waals surface area (Å²) < 4.78 is 27.7. The molecule has 0 aliphatic heterocycles. The Morgan fingerprint density at radius 2 is 1.86 bits per heavy atom. The van der Waals surface area contributed by atoms with Crippen molar-refractivity contribution in [2.45, 2.75) is 31.7 Å². The van der Waals surface area contributed by atoms with Crippen molar-refractivity contribution in [2.24, 2.45) is 4.99 Å². The first-order valence-electron chi connectivity index (χ1n) is 8.88. The lowest BCUT2D eigenvalue weighted by Gasteiger charge is -2.04. The van der Waals surface area contributed by atoms with Crippen LogP contribution < -0.4 is 4.80 Å². The first-order valence-corrected chi connectivity index (χ1v) is 11.4. The quantitative estimate of drug-likeness (QED) is 0.576. The van der Waals surface area contributed by atoms with Gasteiger partial charge in [0.15, 0.2) is 14.6 Å². The highest BCUT2D eigenvalue weighted by Gasteiger charge is 2.16. The fourth-order valence-corrected chi connectivity index (χ4v) is 5.23. The molecule has 3 aromatic rings. The summed E-state index contributed by atoms with van der Waals surface area (Å²) in [5.74, 6) is -0.707. The lowest BCUT2D eigenvalue weighted by molar-refractivity contribution is -0.117. The van der Waals surface area contributed by atoms with E-state index in [0.29, 0.717) is 11.3 Å². The molecule has 1 amide bonds. The molecule has 1 heterocycles. The smallest absolute Gasteiger partial charge is 0.249 e. The van der Waals surface area contributed by atoms with Crippen LogP contribution in [0.15, 0.2) is 65.0 Å².